The highest BCUT2D eigenvalue weighted by Gasteiger charge is 2.03. The maximum Gasteiger partial charge on any atom is 0.139 e. The van der Waals surface area contributed by atoms with Crippen molar-refractivity contribution in [2.24, 2.45) is 0 Å². The number of likely N-dealkylation sites (N-methyl/N-ethyl adjacent to an activating group) is 1. The van der Waals surface area contributed by atoms with E-state index < -0.39 is 0 Å². The van der Waals surface area contributed by atoms with Gasteiger partial charge in [0, 0.05) is 17.6 Å². The van der Waals surface area contributed by atoms with E-state index >= 15 is 0 Å². The van der Waals surface area contributed by atoms with Crippen molar-refractivity contribution >= 4 is 23.2 Å². The first kappa shape index (κ1) is 13.6. The van der Waals surface area contributed by atoms with Gasteiger partial charge >= 0.3 is 0 Å². The summed E-state index contributed by atoms with van der Waals surface area (Å²) in [6, 6.07) is 5.24. The maximum absolute atomic E-state index is 5.98. The second-order valence-electron chi connectivity index (χ2n) is 3.45. The standard InChI is InChI=1S/C12H17Cl2NO/c1-3-15(4-2)7-8-16-12-9-10(13)5-6-11(12)14/h5-6,9H,3-4,7-8H2,1-2H3. The van der Waals surface area contributed by atoms with Crippen LogP contribution in [0.5, 0.6) is 5.75 Å². The van der Waals surface area contributed by atoms with Gasteiger partial charge in [-0.15, -0.1) is 0 Å². The molecule has 0 amide bonds. The topological polar surface area (TPSA) is 12.5 Å². The van der Waals surface area contributed by atoms with Gasteiger partial charge < -0.3 is 9.64 Å². The highest BCUT2D eigenvalue weighted by Crippen LogP contribution is 2.27. The Bertz CT molecular complexity index is 327. The highest BCUT2D eigenvalue weighted by molar-refractivity contribution is 6.34. The van der Waals surface area contributed by atoms with E-state index in [-0.39, 0.29) is 0 Å². The van der Waals surface area contributed by atoms with Crippen LogP contribution in [-0.2, 0) is 0 Å². The minimum atomic E-state index is 0.601. The third-order valence-electron chi connectivity index (χ3n) is 2.45. The minimum Gasteiger partial charge on any atom is -0.491 e. The van der Waals surface area contributed by atoms with E-state index in [0.717, 1.165) is 19.6 Å². The molecule has 0 bridgehead atoms. The summed E-state index contributed by atoms with van der Waals surface area (Å²) in [5.74, 6) is 0.654. The molecule has 0 spiro atoms. The summed E-state index contributed by atoms with van der Waals surface area (Å²) in [7, 11) is 0. The van der Waals surface area contributed by atoms with Gasteiger partial charge in [0.2, 0.25) is 0 Å². The summed E-state index contributed by atoms with van der Waals surface area (Å²) in [6.45, 7) is 7.86. The third-order valence-corrected chi connectivity index (χ3v) is 3.00. The molecule has 0 saturated carbocycles. The van der Waals surface area contributed by atoms with Gasteiger partial charge in [0.15, 0.2) is 0 Å². The summed E-state index contributed by atoms with van der Waals surface area (Å²) in [4.78, 5) is 2.29. The molecule has 0 aliphatic heterocycles. The van der Waals surface area contributed by atoms with E-state index in [0.29, 0.717) is 22.4 Å². The molecule has 1 aromatic rings. The van der Waals surface area contributed by atoms with E-state index in [1.165, 1.54) is 0 Å². The van der Waals surface area contributed by atoms with Gasteiger partial charge in [0.05, 0.1) is 5.02 Å². The van der Waals surface area contributed by atoms with Gasteiger partial charge in [-0.1, -0.05) is 37.0 Å². The van der Waals surface area contributed by atoms with Crippen molar-refractivity contribution in [1.29, 1.82) is 0 Å². The van der Waals surface area contributed by atoms with Crippen LogP contribution >= 0.6 is 23.2 Å². The fourth-order valence-corrected chi connectivity index (χ4v) is 1.75. The van der Waals surface area contributed by atoms with Crippen molar-refractivity contribution < 1.29 is 4.74 Å². The van der Waals surface area contributed by atoms with E-state index in [9.17, 15) is 0 Å². The van der Waals surface area contributed by atoms with Crippen molar-refractivity contribution in [3.05, 3.63) is 28.2 Å². The molecular formula is C12H17Cl2NO. The Hall–Kier alpha value is -0.440. The normalized spacial score (nSPS) is 10.8. The number of ether oxygens (including phenoxy) is 1. The Kier molecular flexibility index (Phi) is 5.96. The van der Waals surface area contributed by atoms with Gasteiger partial charge in [-0.2, -0.15) is 0 Å². The van der Waals surface area contributed by atoms with Crippen molar-refractivity contribution in [3.63, 3.8) is 0 Å². The van der Waals surface area contributed by atoms with Crippen molar-refractivity contribution in [1.82, 2.24) is 4.90 Å². The fourth-order valence-electron chi connectivity index (χ4n) is 1.41. The second kappa shape index (κ2) is 7.00. The lowest BCUT2D eigenvalue weighted by atomic mass is 10.3. The molecule has 0 aliphatic rings. The molecule has 2 nitrogen and oxygen atoms in total. The fraction of sp³-hybridized carbons (Fsp3) is 0.500. The van der Waals surface area contributed by atoms with Crippen LogP contribution < -0.4 is 4.74 Å². The van der Waals surface area contributed by atoms with Gasteiger partial charge in [-0.05, 0) is 25.2 Å². The molecule has 4 heteroatoms. The third kappa shape index (κ3) is 4.20. The molecular weight excluding hydrogens is 245 g/mol. The molecule has 90 valence electrons. The maximum atomic E-state index is 5.98. The Balaban J connectivity index is 2.45. The first-order valence-corrected chi connectivity index (χ1v) is 6.23. The summed E-state index contributed by atoms with van der Waals surface area (Å²) < 4.78 is 5.59. The van der Waals surface area contributed by atoms with Crippen LogP contribution in [0.25, 0.3) is 0 Å². The van der Waals surface area contributed by atoms with E-state index in [1.54, 1.807) is 18.2 Å². The number of rotatable bonds is 6. The van der Waals surface area contributed by atoms with Crippen LogP contribution in [0, 0.1) is 0 Å². The minimum absolute atomic E-state index is 0.601. The zero-order valence-electron chi connectivity index (χ0n) is 9.67. The number of nitrogens with zero attached hydrogens (tertiary/aromatic N) is 1. The molecule has 0 radical (unpaired) electrons. The van der Waals surface area contributed by atoms with Gasteiger partial charge in [0.1, 0.15) is 12.4 Å². The number of benzene rings is 1. The average molecular weight is 262 g/mol. The van der Waals surface area contributed by atoms with Crippen LogP contribution in [0.1, 0.15) is 13.8 Å². The van der Waals surface area contributed by atoms with Crippen LogP contribution in [0.2, 0.25) is 10.0 Å². The molecule has 16 heavy (non-hydrogen) atoms. The molecule has 1 rings (SSSR count). The Morgan fingerprint density at radius 1 is 1.19 bits per heavy atom. The summed E-state index contributed by atoms with van der Waals surface area (Å²) in [5, 5.41) is 1.24. The molecule has 0 N–H and O–H groups in total. The molecule has 0 unspecified atom stereocenters. The predicted molar refractivity (Wildman–Crippen MR) is 69.7 cm³/mol. The first-order valence-electron chi connectivity index (χ1n) is 5.47. The van der Waals surface area contributed by atoms with E-state index in [2.05, 4.69) is 18.7 Å². The monoisotopic (exact) mass is 261 g/mol. The lowest BCUT2D eigenvalue weighted by Crippen LogP contribution is -2.27. The SMILES string of the molecule is CCN(CC)CCOc1cc(Cl)ccc1Cl. The van der Waals surface area contributed by atoms with E-state index in [1.807, 2.05) is 0 Å². The summed E-state index contributed by atoms with van der Waals surface area (Å²) in [6.07, 6.45) is 0. The number of hydrogen-bond acceptors (Lipinski definition) is 2. The Morgan fingerprint density at radius 3 is 2.50 bits per heavy atom. The van der Waals surface area contributed by atoms with Crippen LogP contribution in [0.4, 0.5) is 0 Å². The molecule has 0 aromatic heterocycles. The van der Waals surface area contributed by atoms with Crippen molar-refractivity contribution in [2.75, 3.05) is 26.2 Å². The van der Waals surface area contributed by atoms with Crippen LogP contribution in [-0.4, -0.2) is 31.1 Å². The average Bonchev–Trinajstić information content (AvgIpc) is 2.29. The largest absolute Gasteiger partial charge is 0.491 e. The molecule has 1 aromatic carbocycles. The lowest BCUT2D eigenvalue weighted by molar-refractivity contribution is 0.223. The molecule has 0 heterocycles. The predicted octanol–water partition coefficient (Wildman–Crippen LogP) is 3.71. The molecule has 0 aliphatic carbocycles. The summed E-state index contributed by atoms with van der Waals surface area (Å²) in [5.41, 5.74) is 0. The quantitative estimate of drug-likeness (QED) is 0.774. The van der Waals surface area contributed by atoms with Crippen LogP contribution in [0.15, 0.2) is 18.2 Å². The Morgan fingerprint density at radius 2 is 1.88 bits per heavy atom. The zero-order valence-corrected chi connectivity index (χ0v) is 11.2. The number of hydrogen-bond donors (Lipinski definition) is 0. The summed E-state index contributed by atoms with van der Waals surface area (Å²) >= 11 is 11.8. The highest BCUT2D eigenvalue weighted by atomic mass is 35.5. The van der Waals surface area contributed by atoms with Crippen LogP contribution in [0.3, 0.4) is 0 Å². The Labute approximate surface area is 107 Å². The van der Waals surface area contributed by atoms with Crippen molar-refractivity contribution in [2.45, 2.75) is 13.8 Å². The van der Waals surface area contributed by atoms with Gasteiger partial charge in [-0.3, -0.25) is 0 Å². The smallest absolute Gasteiger partial charge is 0.139 e. The zero-order chi connectivity index (χ0) is 12.0. The van der Waals surface area contributed by atoms with Gasteiger partial charge in [0.25, 0.3) is 0 Å². The molecule has 0 fully saturated rings. The second-order valence-corrected chi connectivity index (χ2v) is 4.29. The molecule has 0 atom stereocenters. The first-order chi connectivity index (χ1) is 7.67. The van der Waals surface area contributed by atoms with Crippen molar-refractivity contribution in [3.8, 4) is 5.75 Å². The van der Waals surface area contributed by atoms with E-state index in [4.69, 9.17) is 27.9 Å². The lowest BCUT2D eigenvalue weighted by Gasteiger charge is -2.18. The number of halogens is 2. The van der Waals surface area contributed by atoms with Gasteiger partial charge in [-0.25, -0.2) is 0 Å². The molecule has 0 saturated heterocycles.